The van der Waals surface area contributed by atoms with E-state index in [1.807, 2.05) is 0 Å². The number of hydrogen-bond acceptors (Lipinski definition) is 2. The van der Waals surface area contributed by atoms with E-state index >= 15 is 0 Å². The molecule has 7 heteroatoms. The van der Waals surface area contributed by atoms with Crippen LogP contribution in [0.5, 0.6) is 0 Å². The fourth-order valence-corrected chi connectivity index (χ4v) is 0.713. The van der Waals surface area contributed by atoms with E-state index in [4.69, 9.17) is 11.8 Å². The van der Waals surface area contributed by atoms with Gasteiger partial charge in [0, 0.05) is 18.0 Å². The highest BCUT2D eigenvalue weighted by molar-refractivity contribution is 6.23. The van der Waals surface area contributed by atoms with E-state index in [1.165, 1.54) is 0 Å². The number of nitrogens with zero attached hydrogens (tertiary/aromatic N) is 2. The summed E-state index contributed by atoms with van der Waals surface area (Å²) in [4.78, 5) is 12.4. The molecule has 1 aromatic heterocycles. The van der Waals surface area contributed by atoms with Gasteiger partial charge in [0.15, 0.2) is 5.69 Å². The first-order valence-corrected chi connectivity index (χ1v) is 3.27. The molecular formula is C5H4ClF2N3O. The van der Waals surface area contributed by atoms with Crippen molar-refractivity contribution in [1.29, 1.82) is 0 Å². The standard InChI is InChI=1S/C5H4ClF2N3O/c6-9-4(12)3-1-2-11(10-3)5(7)8/h1-2,5H,(H,9,12). The van der Waals surface area contributed by atoms with Gasteiger partial charge in [-0.15, -0.1) is 0 Å². The van der Waals surface area contributed by atoms with E-state index in [0.717, 1.165) is 12.3 Å². The Morgan fingerprint density at radius 2 is 2.42 bits per heavy atom. The molecule has 4 nitrogen and oxygen atoms in total. The summed E-state index contributed by atoms with van der Waals surface area (Å²) in [6, 6.07) is 1.14. The van der Waals surface area contributed by atoms with Gasteiger partial charge in [-0.2, -0.15) is 13.9 Å². The Labute approximate surface area is 71.2 Å². The maximum absolute atomic E-state index is 11.9. The molecule has 1 amide bonds. The molecule has 0 atom stereocenters. The van der Waals surface area contributed by atoms with Crippen LogP contribution in [0.4, 0.5) is 8.78 Å². The topological polar surface area (TPSA) is 46.9 Å². The zero-order chi connectivity index (χ0) is 9.14. The second-order valence-electron chi connectivity index (χ2n) is 1.88. The van der Waals surface area contributed by atoms with Crippen LogP contribution in [0.3, 0.4) is 0 Å². The smallest absolute Gasteiger partial charge is 0.266 e. The molecule has 0 spiro atoms. The van der Waals surface area contributed by atoms with Crippen molar-refractivity contribution >= 4 is 17.7 Å². The van der Waals surface area contributed by atoms with Crippen LogP contribution in [0.1, 0.15) is 17.0 Å². The molecule has 0 aliphatic rings. The molecule has 1 heterocycles. The lowest BCUT2D eigenvalue weighted by molar-refractivity contribution is 0.0560. The highest BCUT2D eigenvalue weighted by Crippen LogP contribution is 2.08. The second kappa shape index (κ2) is 3.48. The first-order valence-electron chi connectivity index (χ1n) is 2.89. The minimum Gasteiger partial charge on any atom is -0.266 e. The molecule has 0 radical (unpaired) electrons. The van der Waals surface area contributed by atoms with Crippen LogP contribution >= 0.6 is 11.8 Å². The minimum atomic E-state index is -2.75. The van der Waals surface area contributed by atoms with Crippen molar-refractivity contribution in [3.05, 3.63) is 18.0 Å². The summed E-state index contributed by atoms with van der Waals surface area (Å²) in [6.45, 7) is -2.75. The van der Waals surface area contributed by atoms with Gasteiger partial charge in [-0.3, -0.25) is 9.63 Å². The quantitative estimate of drug-likeness (QED) is 0.720. The van der Waals surface area contributed by atoms with Gasteiger partial charge in [0.25, 0.3) is 5.91 Å². The average molecular weight is 196 g/mol. The third-order valence-corrected chi connectivity index (χ3v) is 1.30. The van der Waals surface area contributed by atoms with E-state index in [-0.39, 0.29) is 5.69 Å². The molecule has 0 fully saturated rings. The van der Waals surface area contributed by atoms with E-state index in [2.05, 4.69) is 5.10 Å². The lowest BCUT2D eigenvalue weighted by atomic mass is 10.4. The zero-order valence-corrected chi connectivity index (χ0v) is 6.42. The van der Waals surface area contributed by atoms with Gasteiger partial charge in [-0.1, -0.05) is 0 Å². The van der Waals surface area contributed by atoms with Crippen molar-refractivity contribution < 1.29 is 13.6 Å². The van der Waals surface area contributed by atoms with Crippen molar-refractivity contribution in [2.75, 3.05) is 0 Å². The first kappa shape index (κ1) is 8.92. The van der Waals surface area contributed by atoms with Gasteiger partial charge in [-0.25, -0.2) is 4.68 Å². The van der Waals surface area contributed by atoms with E-state index in [1.54, 1.807) is 4.84 Å². The summed E-state index contributed by atoms with van der Waals surface area (Å²) in [5.41, 5.74) is -0.148. The second-order valence-corrected chi connectivity index (χ2v) is 2.07. The van der Waals surface area contributed by atoms with Crippen LogP contribution in [-0.4, -0.2) is 15.7 Å². The Bertz CT molecular complexity index is 288. The van der Waals surface area contributed by atoms with Crippen LogP contribution in [0.15, 0.2) is 12.3 Å². The fourth-order valence-electron chi connectivity index (χ4n) is 0.616. The number of nitrogens with one attached hydrogen (secondary N) is 1. The molecule has 0 aliphatic carbocycles. The van der Waals surface area contributed by atoms with Crippen LogP contribution < -0.4 is 4.84 Å². The predicted octanol–water partition coefficient (Wildman–Crippen LogP) is 1.16. The summed E-state index contributed by atoms with van der Waals surface area (Å²) < 4.78 is 24.1. The Balaban J connectivity index is 2.84. The third-order valence-electron chi connectivity index (χ3n) is 1.13. The summed E-state index contributed by atoms with van der Waals surface area (Å²) in [7, 11) is 0. The average Bonchev–Trinajstić information content (AvgIpc) is 2.51. The Morgan fingerprint density at radius 1 is 1.75 bits per heavy atom. The molecular weight excluding hydrogens is 192 g/mol. The summed E-state index contributed by atoms with van der Waals surface area (Å²) in [5.74, 6) is -0.712. The molecule has 66 valence electrons. The number of aromatic nitrogens is 2. The Kier molecular flexibility index (Phi) is 2.59. The van der Waals surface area contributed by atoms with E-state index < -0.39 is 12.5 Å². The summed E-state index contributed by atoms with van der Waals surface area (Å²) in [6.07, 6.45) is 0.992. The van der Waals surface area contributed by atoms with Crippen LogP contribution in [0.25, 0.3) is 0 Å². The lowest BCUT2D eigenvalue weighted by Gasteiger charge is -1.95. The number of carbonyl (C=O) groups excluding carboxylic acids is 1. The summed E-state index contributed by atoms with van der Waals surface area (Å²) >= 11 is 4.94. The summed E-state index contributed by atoms with van der Waals surface area (Å²) in [5, 5.41) is 3.25. The predicted molar refractivity (Wildman–Crippen MR) is 36.8 cm³/mol. The minimum absolute atomic E-state index is 0.148. The third kappa shape index (κ3) is 1.70. The van der Waals surface area contributed by atoms with Gasteiger partial charge in [0.2, 0.25) is 0 Å². The van der Waals surface area contributed by atoms with Crippen LogP contribution in [0.2, 0.25) is 0 Å². The van der Waals surface area contributed by atoms with Gasteiger partial charge < -0.3 is 0 Å². The number of rotatable bonds is 2. The molecule has 1 rings (SSSR count). The highest BCUT2D eigenvalue weighted by atomic mass is 35.5. The van der Waals surface area contributed by atoms with Crippen molar-refractivity contribution in [3.8, 4) is 0 Å². The molecule has 0 saturated heterocycles. The number of halogens is 3. The zero-order valence-electron chi connectivity index (χ0n) is 5.67. The van der Waals surface area contributed by atoms with Gasteiger partial charge in [0.05, 0.1) is 0 Å². The molecule has 0 saturated carbocycles. The number of hydrogen-bond donors (Lipinski definition) is 1. The largest absolute Gasteiger partial charge is 0.333 e. The highest BCUT2D eigenvalue weighted by Gasteiger charge is 2.11. The Morgan fingerprint density at radius 3 is 2.83 bits per heavy atom. The van der Waals surface area contributed by atoms with Gasteiger partial charge >= 0.3 is 6.55 Å². The fraction of sp³-hybridized carbons (Fsp3) is 0.200. The molecule has 12 heavy (non-hydrogen) atoms. The first-order chi connectivity index (χ1) is 5.65. The normalized spacial score (nSPS) is 10.3. The van der Waals surface area contributed by atoms with Crippen LogP contribution in [-0.2, 0) is 0 Å². The molecule has 0 aromatic carbocycles. The van der Waals surface area contributed by atoms with Crippen molar-refractivity contribution in [3.63, 3.8) is 0 Å². The van der Waals surface area contributed by atoms with E-state index in [9.17, 15) is 13.6 Å². The maximum atomic E-state index is 11.9. The lowest BCUT2D eigenvalue weighted by Crippen LogP contribution is -2.13. The van der Waals surface area contributed by atoms with Gasteiger partial charge in [0.1, 0.15) is 0 Å². The molecule has 0 bridgehead atoms. The van der Waals surface area contributed by atoms with Gasteiger partial charge in [-0.05, 0) is 6.07 Å². The molecule has 1 N–H and O–H groups in total. The SMILES string of the molecule is O=C(NCl)c1ccn(C(F)F)n1. The van der Waals surface area contributed by atoms with Crippen molar-refractivity contribution in [1.82, 2.24) is 14.6 Å². The number of alkyl halides is 2. The van der Waals surface area contributed by atoms with Crippen molar-refractivity contribution in [2.24, 2.45) is 0 Å². The van der Waals surface area contributed by atoms with Crippen molar-refractivity contribution in [2.45, 2.75) is 6.55 Å². The van der Waals surface area contributed by atoms with Crippen LogP contribution in [0, 0.1) is 0 Å². The molecule has 0 unspecified atom stereocenters. The molecule has 0 aliphatic heterocycles. The maximum Gasteiger partial charge on any atom is 0.333 e. The number of carbonyl (C=O) groups is 1. The molecule has 1 aromatic rings. The van der Waals surface area contributed by atoms with E-state index in [0.29, 0.717) is 4.68 Å². The number of amides is 1. The Hall–Kier alpha value is -1.17. The monoisotopic (exact) mass is 195 g/mol.